The van der Waals surface area contributed by atoms with Crippen LogP contribution in [0.1, 0.15) is 25.3 Å². The summed E-state index contributed by atoms with van der Waals surface area (Å²) in [5.41, 5.74) is 1.18. The van der Waals surface area contributed by atoms with Crippen LogP contribution in [0.25, 0.3) is 0 Å². The van der Waals surface area contributed by atoms with Crippen molar-refractivity contribution in [1.29, 1.82) is 0 Å². The van der Waals surface area contributed by atoms with Crippen molar-refractivity contribution in [3.63, 3.8) is 0 Å². The molecule has 20 heavy (non-hydrogen) atoms. The summed E-state index contributed by atoms with van der Waals surface area (Å²) in [7, 11) is 0. The zero-order chi connectivity index (χ0) is 13.5. The molecule has 2 rings (SSSR count). The van der Waals surface area contributed by atoms with E-state index in [9.17, 15) is 0 Å². The fourth-order valence-corrected chi connectivity index (χ4v) is 1.85. The molecule has 0 radical (unpaired) electrons. The molecule has 0 aliphatic heterocycles. The molecule has 0 amide bonds. The Balaban J connectivity index is 0.00000200. The number of nitrogens with zero attached hydrogens (tertiary/aromatic N) is 2. The van der Waals surface area contributed by atoms with Gasteiger partial charge >= 0.3 is 0 Å². The van der Waals surface area contributed by atoms with E-state index in [1.165, 1.54) is 18.4 Å². The fraction of sp³-hybridized carbons (Fsp3) is 0.571. The molecule has 1 aromatic rings. The molecule has 0 atom stereocenters. The van der Waals surface area contributed by atoms with Gasteiger partial charge in [0.2, 0.25) is 0 Å². The van der Waals surface area contributed by atoms with E-state index in [1.54, 1.807) is 0 Å². The van der Waals surface area contributed by atoms with Crippen molar-refractivity contribution < 1.29 is 0 Å². The Morgan fingerprint density at radius 2 is 2.20 bits per heavy atom. The minimum Gasteiger partial charge on any atom is -0.357 e. The lowest BCUT2D eigenvalue weighted by Gasteiger charge is -2.11. The molecular weight excluding hydrogens is 387 g/mol. The molecule has 0 spiro atoms. The van der Waals surface area contributed by atoms with Crippen molar-refractivity contribution >= 4 is 41.5 Å². The third-order valence-corrected chi connectivity index (χ3v) is 3.27. The van der Waals surface area contributed by atoms with Crippen LogP contribution in [0.2, 0.25) is 5.15 Å². The first-order valence-electron chi connectivity index (χ1n) is 6.90. The maximum absolute atomic E-state index is 5.76. The summed E-state index contributed by atoms with van der Waals surface area (Å²) < 4.78 is 0. The van der Waals surface area contributed by atoms with Gasteiger partial charge in [0.1, 0.15) is 5.15 Å². The number of hydrogen-bond donors (Lipinski definition) is 2. The Hall–Kier alpha value is -0.560. The summed E-state index contributed by atoms with van der Waals surface area (Å²) in [5.74, 6) is 1.73. The quantitative estimate of drug-likeness (QED) is 0.329. The van der Waals surface area contributed by atoms with Crippen LogP contribution in [0.5, 0.6) is 0 Å². The van der Waals surface area contributed by atoms with Gasteiger partial charge in [0.25, 0.3) is 0 Å². The van der Waals surface area contributed by atoms with Crippen LogP contribution >= 0.6 is 35.6 Å². The Labute approximate surface area is 142 Å². The number of hydrogen-bond acceptors (Lipinski definition) is 2. The molecule has 2 N–H and O–H groups in total. The van der Waals surface area contributed by atoms with Gasteiger partial charge in [0.05, 0.1) is 0 Å². The number of pyridine rings is 1. The lowest BCUT2D eigenvalue weighted by molar-refractivity contribution is 0.776. The number of aliphatic imine (C=N–C) groups is 1. The minimum atomic E-state index is 0. The Morgan fingerprint density at radius 1 is 1.40 bits per heavy atom. The molecule has 0 unspecified atom stereocenters. The molecule has 0 saturated heterocycles. The average Bonchev–Trinajstić information content (AvgIpc) is 3.22. The topological polar surface area (TPSA) is 49.3 Å². The van der Waals surface area contributed by atoms with Crippen molar-refractivity contribution in [2.24, 2.45) is 10.9 Å². The number of guanidine groups is 1. The lowest BCUT2D eigenvalue weighted by atomic mass is 10.2. The second-order valence-electron chi connectivity index (χ2n) is 4.83. The molecule has 0 aromatic carbocycles. The number of rotatable bonds is 6. The minimum absolute atomic E-state index is 0. The van der Waals surface area contributed by atoms with Gasteiger partial charge in [-0.2, -0.15) is 0 Å². The monoisotopic (exact) mass is 408 g/mol. The van der Waals surface area contributed by atoms with Crippen LogP contribution in [0.4, 0.5) is 0 Å². The predicted molar refractivity (Wildman–Crippen MR) is 95.1 cm³/mol. The van der Waals surface area contributed by atoms with E-state index in [0.29, 0.717) is 5.15 Å². The largest absolute Gasteiger partial charge is 0.357 e. The van der Waals surface area contributed by atoms with Gasteiger partial charge in [-0.1, -0.05) is 17.7 Å². The van der Waals surface area contributed by atoms with E-state index in [2.05, 4.69) is 27.5 Å². The molecule has 6 heteroatoms. The second kappa shape index (κ2) is 9.39. The van der Waals surface area contributed by atoms with Crippen LogP contribution in [0.15, 0.2) is 23.3 Å². The Kier molecular flexibility index (Phi) is 8.21. The van der Waals surface area contributed by atoms with Crippen molar-refractivity contribution in [3.8, 4) is 0 Å². The van der Waals surface area contributed by atoms with E-state index in [1.807, 2.05) is 18.3 Å². The Morgan fingerprint density at radius 3 is 2.80 bits per heavy atom. The van der Waals surface area contributed by atoms with Crippen molar-refractivity contribution in [1.82, 2.24) is 15.6 Å². The van der Waals surface area contributed by atoms with Crippen LogP contribution in [-0.4, -0.2) is 30.6 Å². The maximum atomic E-state index is 5.76. The third-order valence-electron chi connectivity index (χ3n) is 3.04. The molecule has 1 saturated carbocycles. The summed E-state index contributed by atoms with van der Waals surface area (Å²) >= 11 is 5.76. The number of aromatic nitrogens is 1. The summed E-state index contributed by atoms with van der Waals surface area (Å²) in [6.07, 6.45) is 5.40. The molecule has 112 valence electrons. The Bertz CT molecular complexity index is 418. The van der Waals surface area contributed by atoms with Gasteiger partial charge in [-0.25, -0.2) is 4.98 Å². The average molecular weight is 409 g/mol. The van der Waals surface area contributed by atoms with Gasteiger partial charge in [0, 0.05) is 25.8 Å². The predicted octanol–water partition coefficient (Wildman–Crippen LogP) is 2.86. The zero-order valence-electron chi connectivity index (χ0n) is 11.7. The van der Waals surface area contributed by atoms with E-state index in [4.69, 9.17) is 11.6 Å². The highest BCUT2D eigenvalue weighted by Crippen LogP contribution is 2.28. The molecule has 1 aromatic heterocycles. The van der Waals surface area contributed by atoms with Crippen LogP contribution in [0, 0.1) is 5.92 Å². The first-order chi connectivity index (χ1) is 9.28. The zero-order valence-corrected chi connectivity index (χ0v) is 14.8. The summed E-state index contributed by atoms with van der Waals surface area (Å²) in [6, 6.07) is 3.83. The first kappa shape index (κ1) is 17.5. The van der Waals surface area contributed by atoms with Crippen molar-refractivity contribution in [2.45, 2.75) is 26.2 Å². The molecule has 1 fully saturated rings. The highest BCUT2D eigenvalue weighted by Gasteiger charge is 2.20. The molecular formula is C14H22ClIN4. The van der Waals surface area contributed by atoms with Crippen molar-refractivity contribution in [3.05, 3.63) is 29.0 Å². The highest BCUT2D eigenvalue weighted by atomic mass is 127. The van der Waals surface area contributed by atoms with Crippen LogP contribution in [0.3, 0.4) is 0 Å². The van der Waals surface area contributed by atoms with Crippen LogP contribution < -0.4 is 10.6 Å². The molecule has 1 heterocycles. The van der Waals surface area contributed by atoms with Gasteiger partial charge in [-0.3, -0.25) is 4.99 Å². The maximum Gasteiger partial charge on any atom is 0.191 e. The SMILES string of the molecule is CCNC(=NCC1CC1)NCCc1ccc(Cl)nc1.I. The van der Waals surface area contributed by atoms with E-state index in [-0.39, 0.29) is 24.0 Å². The highest BCUT2D eigenvalue weighted by molar-refractivity contribution is 14.0. The lowest BCUT2D eigenvalue weighted by Crippen LogP contribution is -2.38. The van der Waals surface area contributed by atoms with E-state index >= 15 is 0 Å². The summed E-state index contributed by atoms with van der Waals surface area (Å²) in [4.78, 5) is 8.65. The normalized spacial score (nSPS) is 14.6. The fourth-order valence-electron chi connectivity index (χ4n) is 1.74. The number of nitrogens with one attached hydrogen (secondary N) is 2. The van der Waals surface area contributed by atoms with E-state index < -0.39 is 0 Å². The molecule has 1 aliphatic rings. The van der Waals surface area contributed by atoms with Gasteiger partial charge in [0.15, 0.2) is 5.96 Å². The van der Waals surface area contributed by atoms with Crippen molar-refractivity contribution in [2.75, 3.05) is 19.6 Å². The van der Waals surface area contributed by atoms with Gasteiger partial charge in [-0.05, 0) is 43.7 Å². The van der Waals surface area contributed by atoms with Gasteiger partial charge < -0.3 is 10.6 Å². The summed E-state index contributed by atoms with van der Waals surface area (Å²) in [5, 5.41) is 7.15. The first-order valence-corrected chi connectivity index (χ1v) is 7.28. The van der Waals surface area contributed by atoms with Crippen LogP contribution in [-0.2, 0) is 6.42 Å². The molecule has 0 bridgehead atoms. The smallest absolute Gasteiger partial charge is 0.191 e. The molecule has 1 aliphatic carbocycles. The third kappa shape index (κ3) is 6.74. The summed E-state index contributed by atoms with van der Waals surface area (Å²) in [6.45, 7) is 4.76. The van der Waals surface area contributed by atoms with E-state index in [0.717, 1.165) is 37.9 Å². The van der Waals surface area contributed by atoms with Gasteiger partial charge in [-0.15, -0.1) is 24.0 Å². The molecule has 4 nitrogen and oxygen atoms in total. The number of halogens is 2. The second-order valence-corrected chi connectivity index (χ2v) is 5.22. The standard InChI is InChI=1S/C14H21ClN4.HI/c1-2-16-14(19-10-11-3-4-11)17-8-7-12-5-6-13(15)18-9-12;/h5-6,9,11H,2-4,7-8,10H2,1H3,(H2,16,17,19);1H.